The van der Waals surface area contributed by atoms with Gasteiger partial charge in [-0.15, -0.1) is 0 Å². The molecule has 0 atom stereocenters. The Hall–Kier alpha value is -2.53. The molecule has 2 rings (SSSR count). The lowest BCUT2D eigenvalue weighted by atomic mass is 10.2. The van der Waals surface area contributed by atoms with E-state index in [1.165, 1.54) is 0 Å². The molecule has 1 amide bonds. The summed E-state index contributed by atoms with van der Waals surface area (Å²) in [4.78, 5) is 22.9. The minimum Gasteiger partial charge on any atom is -0.488 e. The maximum atomic E-state index is 11.8. The van der Waals surface area contributed by atoms with E-state index in [2.05, 4.69) is 5.32 Å². The maximum Gasteiger partial charge on any atom is 0.412 e. The van der Waals surface area contributed by atoms with Crippen molar-refractivity contribution >= 4 is 29.7 Å². The van der Waals surface area contributed by atoms with E-state index in [0.717, 1.165) is 5.56 Å². The summed E-state index contributed by atoms with van der Waals surface area (Å²) in [5.74, 6) is 0.410. The quantitative estimate of drug-likeness (QED) is 0.754. The fourth-order valence-corrected chi connectivity index (χ4v) is 2.29. The van der Waals surface area contributed by atoms with Crippen molar-refractivity contribution in [1.29, 1.82) is 0 Å². The Kier molecular flexibility index (Phi) is 6.04. The molecule has 6 heteroatoms. The van der Waals surface area contributed by atoms with Crippen molar-refractivity contribution in [3.8, 4) is 5.75 Å². The number of ether oxygens (including phenoxy) is 2. The first-order chi connectivity index (χ1) is 11.8. The SMILES string of the molecule is CC(C)(C)OC(=O)Nc1cccc(COc2cccc(Cl)c2C=O)c1. The van der Waals surface area contributed by atoms with E-state index in [-0.39, 0.29) is 6.61 Å². The van der Waals surface area contributed by atoms with Gasteiger partial charge in [0.15, 0.2) is 6.29 Å². The van der Waals surface area contributed by atoms with Gasteiger partial charge in [0, 0.05) is 5.69 Å². The Balaban J connectivity index is 2.04. The zero-order chi connectivity index (χ0) is 18.4. The van der Waals surface area contributed by atoms with E-state index in [0.29, 0.717) is 28.3 Å². The van der Waals surface area contributed by atoms with E-state index >= 15 is 0 Å². The third kappa shape index (κ3) is 5.80. The molecule has 0 unspecified atom stereocenters. The fraction of sp³-hybridized carbons (Fsp3) is 0.263. The summed E-state index contributed by atoms with van der Waals surface area (Å²) in [6.07, 6.45) is 0.140. The van der Waals surface area contributed by atoms with Crippen LogP contribution in [0.1, 0.15) is 36.7 Å². The highest BCUT2D eigenvalue weighted by Gasteiger charge is 2.16. The minimum atomic E-state index is -0.567. The van der Waals surface area contributed by atoms with Crippen LogP contribution in [-0.2, 0) is 11.3 Å². The van der Waals surface area contributed by atoms with Crippen molar-refractivity contribution in [3.05, 3.63) is 58.6 Å². The molecule has 132 valence electrons. The summed E-state index contributed by atoms with van der Waals surface area (Å²) in [7, 11) is 0. The van der Waals surface area contributed by atoms with E-state index < -0.39 is 11.7 Å². The van der Waals surface area contributed by atoms with E-state index in [1.54, 1.807) is 57.2 Å². The zero-order valence-corrected chi connectivity index (χ0v) is 15.1. The number of carbonyl (C=O) groups excluding carboxylic acids is 2. The maximum absolute atomic E-state index is 11.8. The number of nitrogens with one attached hydrogen (secondary N) is 1. The van der Waals surface area contributed by atoms with Crippen LogP contribution in [0.5, 0.6) is 5.75 Å². The van der Waals surface area contributed by atoms with E-state index in [1.807, 2.05) is 6.07 Å². The predicted octanol–water partition coefficient (Wildman–Crippen LogP) is 5.08. The van der Waals surface area contributed by atoms with Crippen LogP contribution in [0.2, 0.25) is 5.02 Å². The summed E-state index contributed by atoms with van der Waals surface area (Å²) in [5.41, 5.74) is 1.16. The zero-order valence-electron chi connectivity index (χ0n) is 14.3. The first-order valence-electron chi connectivity index (χ1n) is 7.74. The third-order valence-electron chi connectivity index (χ3n) is 3.10. The van der Waals surface area contributed by atoms with Crippen molar-refractivity contribution in [1.82, 2.24) is 0 Å². The van der Waals surface area contributed by atoms with Gasteiger partial charge in [0.25, 0.3) is 0 Å². The highest BCUT2D eigenvalue weighted by Crippen LogP contribution is 2.25. The Bertz CT molecular complexity index is 768. The number of hydrogen-bond acceptors (Lipinski definition) is 4. The standard InChI is InChI=1S/C19H20ClNO4/c1-19(2,3)25-18(23)21-14-7-4-6-13(10-14)12-24-17-9-5-8-16(20)15(17)11-22/h4-11H,12H2,1-3H3,(H,21,23). The highest BCUT2D eigenvalue weighted by molar-refractivity contribution is 6.33. The van der Waals surface area contributed by atoms with Crippen molar-refractivity contribution in [2.24, 2.45) is 0 Å². The van der Waals surface area contributed by atoms with Crippen LogP contribution in [0.3, 0.4) is 0 Å². The molecule has 0 spiro atoms. The van der Waals surface area contributed by atoms with Gasteiger partial charge in [0.2, 0.25) is 0 Å². The van der Waals surface area contributed by atoms with Crippen molar-refractivity contribution in [2.45, 2.75) is 33.0 Å². The van der Waals surface area contributed by atoms with E-state index in [9.17, 15) is 9.59 Å². The molecular weight excluding hydrogens is 342 g/mol. The van der Waals surface area contributed by atoms with E-state index in [4.69, 9.17) is 21.1 Å². The molecule has 0 saturated heterocycles. The third-order valence-corrected chi connectivity index (χ3v) is 3.43. The molecule has 0 fully saturated rings. The summed E-state index contributed by atoms with van der Waals surface area (Å²) in [6.45, 7) is 5.62. The molecule has 0 aliphatic rings. The van der Waals surface area contributed by atoms with Crippen LogP contribution >= 0.6 is 11.6 Å². The second-order valence-electron chi connectivity index (χ2n) is 6.39. The van der Waals surface area contributed by atoms with Gasteiger partial charge in [0.1, 0.15) is 18.0 Å². The Morgan fingerprint density at radius 3 is 2.60 bits per heavy atom. The number of carbonyl (C=O) groups is 2. The summed E-state index contributed by atoms with van der Waals surface area (Å²) in [6, 6.07) is 12.2. The lowest BCUT2D eigenvalue weighted by Crippen LogP contribution is -2.27. The van der Waals surface area contributed by atoms with Gasteiger partial charge in [-0.1, -0.05) is 29.8 Å². The van der Waals surface area contributed by atoms with Gasteiger partial charge in [-0.3, -0.25) is 10.1 Å². The van der Waals surface area contributed by atoms with Crippen molar-refractivity contribution < 1.29 is 19.1 Å². The molecule has 5 nitrogen and oxygen atoms in total. The van der Waals surface area contributed by atoms with Gasteiger partial charge >= 0.3 is 6.09 Å². The first-order valence-corrected chi connectivity index (χ1v) is 8.12. The molecular formula is C19H20ClNO4. The predicted molar refractivity (Wildman–Crippen MR) is 97.5 cm³/mol. The molecule has 2 aromatic rings. The normalized spacial score (nSPS) is 10.9. The number of benzene rings is 2. The Labute approximate surface area is 151 Å². The molecule has 2 aromatic carbocycles. The van der Waals surface area contributed by atoms with Crippen LogP contribution in [0.4, 0.5) is 10.5 Å². The van der Waals surface area contributed by atoms with Crippen molar-refractivity contribution in [2.75, 3.05) is 5.32 Å². The molecule has 25 heavy (non-hydrogen) atoms. The van der Waals surface area contributed by atoms with Gasteiger partial charge in [-0.05, 0) is 50.6 Å². The van der Waals surface area contributed by atoms with Crippen molar-refractivity contribution in [3.63, 3.8) is 0 Å². The average molecular weight is 362 g/mol. The number of amides is 1. The molecule has 0 bridgehead atoms. The number of aldehydes is 1. The van der Waals surface area contributed by atoms with Crippen LogP contribution < -0.4 is 10.1 Å². The lowest BCUT2D eigenvalue weighted by molar-refractivity contribution is 0.0635. The highest BCUT2D eigenvalue weighted by atomic mass is 35.5. The second kappa shape index (κ2) is 8.03. The summed E-state index contributed by atoms with van der Waals surface area (Å²) < 4.78 is 10.9. The van der Waals surface area contributed by atoms with Gasteiger partial charge in [-0.25, -0.2) is 4.79 Å². The van der Waals surface area contributed by atoms with Crippen LogP contribution in [-0.4, -0.2) is 18.0 Å². The summed E-state index contributed by atoms with van der Waals surface area (Å²) in [5, 5.41) is 3.02. The number of hydrogen-bond donors (Lipinski definition) is 1. The second-order valence-corrected chi connectivity index (χ2v) is 6.79. The smallest absolute Gasteiger partial charge is 0.412 e. The van der Waals surface area contributed by atoms with Gasteiger partial charge in [0.05, 0.1) is 10.6 Å². The molecule has 0 saturated carbocycles. The molecule has 0 aromatic heterocycles. The monoisotopic (exact) mass is 361 g/mol. The Morgan fingerprint density at radius 2 is 1.92 bits per heavy atom. The first kappa shape index (κ1) is 18.8. The van der Waals surface area contributed by atoms with Gasteiger partial charge < -0.3 is 9.47 Å². The topological polar surface area (TPSA) is 64.6 Å². The number of rotatable bonds is 5. The molecule has 1 N–H and O–H groups in total. The minimum absolute atomic E-state index is 0.227. The molecule has 0 radical (unpaired) electrons. The number of anilines is 1. The average Bonchev–Trinajstić information content (AvgIpc) is 2.51. The van der Waals surface area contributed by atoms with Crippen LogP contribution in [0, 0.1) is 0 Å². The number of halogens is 1. The Morgan fingerprint density at radius 1 is 1.20 bits per heavy atom. The molecule has 0 aliphatic carbocycles. The molecule has 0 aliphatic heterocycles. The largest absolute Gasteiger partial charge is 0.488 e. The fourth-order valence-electron chi connectivity index (χ4n) is 2.08. The van der Waals surface area contributed by atoms with Gasteiger partial charge in [-0.2, -0.15) is 0 Å². The van der Waals surface area contributed by atoms with Crippen LogP contribution in [0.25, 0.3) is 0 Å². The lowest BCUT2D eigenvalue weighted by Gasteiger charge is -2.19. The summed E-state index contributed by atoms with van der Waals surface area (Å²) >= 11 is 5.97. The molecule has 0 heterocycles. The van der Waals surface area contributed by atoms with Crippen LogP contribution in [0.15, 0.2) is 42.5 Å².